The Hall–Kier alpha value is -2.97. The number of carbonyl (C=O) groups excluding carboxylic acids is 1. The van der Waals surface area contributed by atoms with E-state index >= 15 is 0 Å². The highest BCUT2D eigenvalue weighted by Crippen LogP contribution is 2.23. The summed E-state index contributed by atoms with van der Waals surface area (Å²) in [7, 11) is 0. The molecule has 3 aromatic heterocycles. The summed E-state index contributed by atoms with van der Waals surface area (Å²) < 4.78 is 1.57. The standard InChI is InChI=1S/C22H23N5O2S/c1-15-18(17-4-2-3-5-19(17)23-15)13-20(28)26-8-6-25(7-9-26)14-16-12-21(29)27-10-11-30-22(27)24-16/h2-5,10-12,23H,6-9,13-14H2,1H3. The summed E-state index contributed by atoms with van der Waals surface area (Å²) in [5, 5.41) is 3.00. The molecule has 0 spiro atoms. The van der Waals surface area contributed by atoms with E-state index in [1.807, 2.05) is 35.4 Å². The summed E-state index contributed by atoms with van der Waals surface area (Å²) in [5.74, 6) is 0.166. The summed E-state index contributed by atoms with van der Waals surface area (Å²) >= 11 is 1.46. The van der Waals surface area contributed by atoms with Crippen LogP contribution in [0.2, 0.25) is 0 Å². The van der Waals surface area contributed by atoms with Crippen molar-refractivity contribution in [2.24, 2.45) is 0 Å². The van der Waals surface area contributed by atoms with Crippen LogP contribution >= 0.6 is 11.3 Å². The molecule has 30 heavy (non-hydrogen) atoms. The number of aryl methyl sites for hydroxylation is 1. The third-order valence-corrected chi connectivity index (χ3v) is 6.58. The maximum absolute atomic E-state index is 12.9. The monoisotopic (exact) mass is 421 g/mol. The van der Waals surface area contributed by atoms with E-state index < -0.39 is 0 Å². The predicted octanol–water partition coefficient (Wildman–Crippen LogP) is 2.43. The van der Waals surface area contributed by atoms with Crippen LogP contribution in [0.1, 0.15) is 17.0 Å². The first-order valence-corrected chi connectivity index (χ1v) is 11.0. The van der Waals surface area contributed by atoms with Gasteiger partial charge in [0.2, 0.25) is 5.91 Å². The van der Waals surface area contributed by atoms with Crippen molar-refractivity contribution in [3.05, 3.63) is 69.2 Å². The first-order chi connectivity index (χ1) is 14.6. The smallest absolute Gasteiger partial charge is 0.258 e. The number of nitrogens with zero attached hydrogens (tertiary/aromatic N) is 4. The molecular formula is C22H23N5O2S. The largest absolute Gasteiger partial charge is 0.358 e. The third kappa shape index (κ3) is 3.53. The molecule has 0 aliphatic carbocycles. The Kier molecular flexibility index (Phi) is 4.88. The molecule has 1 amide bonds. The van der Waals surface area contributed by atoms with Crippen molar-refractivity contribution >= 4 is 33.1 Å². The topological polar surface area (TPSA) is 73.7 Å². The Bertz CT molecular complexity index is 1280. The number of nitrogens with one attached hydrogen (secondary N) is 1. The highest BCUT2D eigenvalue weighted by Gasteiger charge is 2.23. The molecule has 1 aliphatic rings. The summed E-state index contributed by atoms with van der Waals surface area (Å²) in [6, 6.07) is 9.73. The van der Waals surface area contributed by atoms with Crippen LogP contribution in [0, 0.1) is 6.92 Å². The fourth-order valence-corrected chi connectivity index (χ4v) is 4.92. The lowest BCUT2D eigenvalue weighted by molar-refractivity contribution is -0.132. The Morgan fingerprint density at radius 2 is 2.00 bits per heavy atom. The van der Waals surface area contributed by atoms with Gasteiger partial charge in [0, 0.05) is 67.0 Å². The summed E-state index contributed by atoms with van der Waals surface area (Å²) in [6.07, 6.45) is 2.17. The van der Waals surface area contributed by atoms with Crippen LogP contribution in [-0.4, -0.2) is 56.3 Å². The van der Waals surface area contributed by atoms with E-state index in [1.54, 1.807) is 16.7 Å². The van der Waals surface area contributed by atoms with Gasteiger partial charge in [-0.05, 0) is 18.6 Å². The number of aromatic nitrogens is 3. The van der Waals surface area contributed by atoms with Crippen LogP contribution in [-0.2, 0) is 17.8 Å². The molecule has 1 aliphatic heterocycles. The lowest BCUT2D eigenvalue weighted by Gasteiger charge is -2.34. The number of para-hydroxylation sites is 1. The van der Waals surface area contributed by atoms with E-state index in [0.29, 0.717) is 26.1 Å². The van der Waals surface area contributed by atoms with Crippen molar-refractivity contribution in [3.8, 4) is 0 Å². The Labute approximate surface area is 177 Å². The van der Waals surface area contributed by atoms with E-state index in [4.69, 9.17) is 0 Å². The second-order valence-electron chi connectivity index (χ2n) is 7.75. The highest BCUT2D eigenvalue weighted by molar-refractivity contribution is 7.15. The number of H-pyrrole nitrogens is 1. The normalized spacial score (nSPS) is 15.3. The number of carbonyl (C=O) groups is 1. The second kappa shape index (κ2) is 7.70. The van der Waals surface area contributed by atoms with E-state index in [-0.39, 0.29) is 11.5 Å². The average molecular weight is 422 g/mol. The zero-order chi connectivity index (χ0) is 20.7. The molecule has 4 heterocycles. The first-order valence-electron chi connectivity index (χ1n) is 10.1. The summed E-state index contributed by atoms with van der Waals surface area (Å²) in [5.41, 5.74) is 3.97. The number of benzene rings is 1. The molecule has 8 heteroatoms. The SMILES string of the molecule is Cc1[nH]c2ccccc2c1CC(=O)N1CCN(Cc2cc(=O)n3ccsc3n2)CC1. The fourth-order valence-electron chi connectivity index (χ4n) is 4.18. The number of amides is 1. The van der Waals surface area contributed by atoms with Gasteiger partial charge in [0.25, 0.3) is 5.56 Å². The molecule has 1 aromatic carbocycles. The van der Waals surface area contributed by atoms with E-state index in [1.165, 1.54) is 11.3 Å². The highest BCUT2D eigenvalue weighted by atomic mass is 32.1. The number of hydrogen-bond acceptors (Lipinski definition) is 5. The van der Waals surface area contributed by atoms with Crippen LogP contribution in [0.4, 0.5) is 0 Å². The number of aromatic amines is 1. The molecule has 7 nitrogen and oxygen atoms in total. The van der Waals surface area contributed by atoms with Crippen LogP contribution in [0.25, 0.3) is 15.9 Å². The number of thiazole rings is 1. The Morgan fingerprint density at radius 1 is 1.20 bits per heavy atom. The van der Waals surface area contributed by atoms with Gasteiger partial charge in [0.05, 0.1) is 12.1 Å². The minimum Gasteiger partial charge on any atom is -0.358 e. The molecule has 1 fully saturated rings. The predicted molar refractivity (Wildman–Crippen MR) is 118 cm³/mol. The zero-order valence-corrected chi connectivity index (χ0v) is 17.6. The van der Waals surface area contributed by atoms with E-state index in [0.717, 1.165) is 45.9 Å². The van der Waals surface area contributed by atoms with Crippen LogP contribution < -0.4 is 5.56 Å². The fraction of sp³-hybridized carbons (Fsp3) is 0.318. The number of rotatable bonds is 4. The Balaban J connectivity index is 1.22. The van der Waals surface area contributed by atoms with Gasteiger partial charge in [-0.15, -0.1) is 11.3 Å². The maximum Gasteiger partial charge on any atom is 0.258 e. The van der Waals surface area contributed by atoms with Gasteiger partial charge in [-0.25, -0.2) is 4.98 Å². The van der Waals surface area contributed by atoms with Crippen molar-refractivity contribution in [1.82, 2.24) is 24.2 Å². The second-order valence-corrected chi connectivity index (χ2v) is 8.62. The zero-order valence-electron chi connectivity index (χ0n) is 16.8. The van der Waals surface area contributed by atoms with Crippen LogP contribution in [0.5, 0.6) is 0 Å². The minimum atomic E-state index is -0.0424. The summed E-state index contributed by atoms with van der Waals surface area (Å²) in [4.78, 5) is 38.0. The number of fused-ring (bicyclic) bond motifs is 2. The average Bonchev–Trinajstić information content (AvgIpc) is 3.33. The van der Waals surface area contributed by atoms with Gasteiger partial charge in [-0.2, -0.15) is 0 Å². The van der Waals surface area contributed by atoms with Crippen molar-refractivity contribution < 1.29 is 4.79 Å². The molecule has 5 rings (SSSR count). The first kappa shape index (κ1) is 19.0. The molecule has 1 saturated heterocycles. The van der Waals surface area contributed by atoms with Crippen molar-refractivity contribution in [2.45, 2.75) is 19.9 Å². The molecule has 154 valence electrons. The molecule has 0 radical (unpaired) electrons. The van der Waals surface area contributed by atoms with Crippen molar-refractivity contribution in [3.63, 3.8) is 0 Å². The van der Waals surface area contributed by atoms with Gasteiger partial charge in [0.1, 0.15) is 0 Å². The van der Waals surface area contributed by atoms with Crippen LogP contribution in [0.15, 0.2) is 46.7 Å². The van der Waals surface area contributed by atoms with Gasteiger partial charge in [-0.3, -0.25) is 18.9 Å². The lowest BCUT2D eigenvalue weighted by atomic mass is 10.1. The van der Waals surface area contributed by atoms with Gasteiger partial charge >= 0.3 is 0 Å². The molecule has 0 bridgehead atoms. The van der Waals surface area contributed by atoms with Crippen LogP contribution in [0.3, 0.4) is 0 Å². The quantitative estimate of drug-likeness (QED) is 0.549. The Morgan fingerprint density at radius 3 is 2.83 bits per heavy atom. The maximum atomic E-state index is 12.9. The van der Waals surface area contributed by atoms with Crippen molar-refractivity contribution in [1.29, 1.82) is 0 Å². The lowest BCUT2D eigenvalue weighted by Crippen LogP contribution is -2.48. The summed E-state index contributed by atoms with van der Waals surface area (Å²) in [6.45, 7) is 5.61. The van der Waals surface area contributed by atoms with Gasteiger partial charge < -0.3 is 9.88 Å². The minimum absolute atomic E-state index is 0.0424. The number of piperazine rings is 1. The molecule has 4 aromatic rings. The van der Waals surface area contributed by atoms with Gasteiger partial charge in [0.15, 0.2) is 4.96 Å². The van der Waals surface area contributed by atoms with Crippen molar-refractivity contribution in [2.75, 3.05) is 26.2 Å². The third-order valence-electron chi connectivity index (χ3n) is 5.82. The molecule has 0 unspecified atom stereocenters. The molecule has 0 atom stereocenters. The molecular weight excluding hydrogens is 398 g/mol. The molecule has 1 N–H and O–H groups in total. The van der Waals surface area contributed by atoms with E-state index in [9.17, 15) is 9.59 Å². The van der Waals surface area contributed by atoms with Gasteiger partial charge in [-0.1, -0.05) is 18.2 Å². The van der Waals surface area contributed by atoms with E-state index in [2.05, 4.69) is 20.9 Å². The number of hydrogen-bond donors (Lipinski definition) is 1. The molecule has 0 saturated carbocycles.